The molecule has 0 unspecified atom stereocenters. The number of halogens is 2. The molecule has 0 aromatic heterocycles. The average molecular weight is 283 g/mol. The Labute approximate surface area is 110 Å². The quantitative estimate of drug-likeness (QED) is 0.452. The van der Waals surface area contributed by atoms with Crippen LogP contribution in [0.15, 0.2) is 0 Å². The Hall–Kier alpha value is -0.0300. The smallest absolute Gasteiger partial charge is 0.302 e. The normalized spacial score (nSPS) is 42.8. The summed E-state index contributed by atoms with van der Waals surface area (Å²) < 4.78 is 16.2. The van der Waals surface area contributed by atoms with Gasteiger partial charge in [-0.25, -0.2) is 0 Å². The second-order valence-electron chi connectivity index (χ2n) is 4.65. The predicted molar refractivity (Wildman–Crippen MR) is 63.3 cm³/mol. The summed E-state index contributed by atoms with van der Waals surface area (Å²) in [7, 11) is 3.03. The minimum atomic E-state index is -1.11. The summed E-state index contributed by atoms with van der Waals surface area (Å²) in [5.74, 6) is -1.48. The van der Waals surface area contributed by atoms with Gasteiger partial charge in [0.05, 0.1) is 0 Å². The van der Waals surface area contributed by atoms with Gasteiger partial charge in [0.2, 0.25) is 5.79 Å². The van der Waals surface area contributed by atoms with E-state index in [1.54, 1.807) is 0 Å². The fraction of sp³-hybridized carbons (Fsp3) is 0.909. The lowest BCUT2D eigenvalue weighted by molar-refractivity contribution is -0.225. The minimum Gasteiger partial charge on any atom is -0.460 e. The molecule has 0 spiro atoms. The molecule has 0 radical (unpaired) electrons. The lowest BCUT2D eigenvalue weighted by Gasteiger charge is -2.40. The summed E-state index contributed by atoms with van der Waals surface area (Å²) in [6.45, 7) is 1.36. The van der Waals surface area contributed by atoms with Gasteiger partial charge in [0.25, 0.3) is 0 Å². The van der Waals surface area contributed by atoms with Crippen molar-refractivity contribution >= 4 is 29.2 Å². The van der Waals surface area contributed by atoms with Crippen molar-refractivity contribution in [3.8, 4) is 0 Å². The van der Waals surface area contributed by atoms with E-state index in [4.69, 9.17) is 37.4 Å². The van der Waals surface area contributed by atoms with Crippen LogP contribution in [0.4, 0.5) is 0 Å². The molecule has 17 heavy (non-hydrogen) atoms. The highest BCUT2D eigenvalue weighted by atomic mass is 35.5. The number of hydrogen-bond donors (Lipinski definition) is 0. The average Bonchev–Trinajstić information content (AvgIpc) is 2.57. The van der Waals surface area contributed by atoms with Gasteiger partial charge >= 0.3 is 5.97 Å². The lowest BCUT2D eigenvalue weighted by Crippen LogP contribution is -2.56. The van der Waals surface area contributed by atoms with Crippen LogP contribution in [0.5, 0.6) is 0 Å². The van der Waals surface area contributed by atoms with Crippen LogP contribution >= 0.6 is 23.2 Å². The van der Waals surface area contributed by atoms with Crippen LogP contribution in [0.2, 0.25) is 0 Å². The van der Waals surface area contributed by atoms with E-state index in [0.717, 1.165) is 0 Å². The summed E-state index contributed by atoms with van der Waals surface area (Å²) in [4.78, 5) is 9.45. The molecule has 98 valence electrons. The van der Waals surface area contributed by atoms with Gasteiger partial charge in [-0.15, -0.1) is 23.2 Å². The van der Waals surface area contributed by atoms with E-state index in [9.17, 15) is 4.79 Å². The molecule has 0 aliphatic heterocycles. The number of alkyl halides is 2. The molecular weight excluding hydrogens is 267 g/mol. The fourth-order valence-corrected chi connectivity index (χ4v) is 4.43. The third-order valence-corrected chi connectivity index (χ3v) is 5.20. The first-order valence-electron chi connectivity index (χ1n) is 5.50. The Kier molecular flexibility index (Phi) is 3.14. The predicted octanol–water partition coefficient (Wildman–Crippen LogP) is 2.06. The number of fused-ring (bicyclic) bond motifs is 2. The van der Waals surface area contributed by atoms with Crippen LogP contribution in [-0.2, 0) is 19.0 Å². The third-order valence-electron chi connectivity index (χ3n) is 3.92. The Morgan fingerprint density at radius 3 is 2.24 bits per heavy atom. The molecule has 2 bridgehead atoms. The first-order valence-corrected chi connectivity index (χ1v) is 6.26. The van der Waals surface area contributed by atoms with Crippen molar-refractivity contribution in [3.05, 3.63) is 0 Å². The number of carbonyl (C=O) groups is 1. The second kappa shape index (κ2) is 3.98. The van der Waals surface area contributed by atoms with Gasteiger partial charge in [0, 0.05) is 27.6 Å². The fourth-order valence-electron chi connectivity index (χ4n) is 3.27. The number of esters is 1. The highest BCUT2D eigenvalue weighted by molar-refractivity contribution is 6.31. The molecule has 0 N–H and O–H groups in total. The molecule has 0 amide bonds. The Bertz CT molecular complexity index is 344. The number of methoxy groups -OCH3 is 2. The highest BCUT2D eigenvalue weighted by Crippen LogP contribution is 2.66. The van der Waals surface area contributed by atoms with Crippen molar-refractivity contribution in [2.75, 3.05) is 14.2 Å². The van der Waals surface area contributed by atoms with E-state index in [0.29, 0.717) is 19.3 Å². The van der Waals surface area contributed by atoms with Gasteiger partial charge in [-0.1, -0.05) is 0 Å². The summed E-state index contributed by atoms with van der Waals surface area (Å²) >= 11 is 13.2. The van der Waals surface area contributed by atoms with E-state index < -0.39 is 21.6 Å². The molecule has 2 aliphatic carbocycles. The van der Waals surface area contributed by atoms with Crippen LogP contribution in [-0.4, -0.2) is 41.8 Å². The SMILES string of the molecule is COC1(OC)[C@]2(Cl)CC[C@@]1(Cl)[C@H](OC(C)=O)C2. The largest absolute Gasteiger partial charge is 0.460 e. The third kappa shape index (κ3) is 1.47. The van der Waals surface area contributed by atoms with E-state index in [2.05, 4.69) is 0 Å². The first kappa shape index (κ1) is 13.4. The Morgan fingerprint density at radius 2 is 1.82 bits per heavy atom. The van der Waals surface area contributed by atoms with Crippen molar-refractivity contribution in [1.82, 2.24) is 0 Å². The number of carbonyl (C=O) groups excluding carboxylic acids is 1. The van der Waals surface area contributed by atoms with Crippen molar-refractivity contribution in [2.45, 2.75) is 47.8 Å². The molecule has 0 aromatic rings. The van der Waals surface area contributed by atoms with Gasteiger partial charge in [0.1, 0.15) is 15.9 Å². The molecule has 0 saturated heterocycles. The van der Waals surface area contributed by atoms with Crippen LogP contribution in [0, 0.1) is 0 Å². The lowest BCUT2D eigenvalue weighted by atomic mass is 9.96. The maximum absolute atomic E-state index is 11.1. The Balaban J connectivity index is 2.40. The van der Waals surface area contributed by atoms with E-state index in [1.165, 1.54) is 21.1 Å². The zero-order valence-corrected chi connectivity index (χ0v) is 11.6. The zero-order valence-electron chi connectivity index (χ0n) is 10.1. The topological polar surface area (TPSA) is 44.8 Å². The van der Waals surface area contributed by atoms with E-state index >= 15 is 0 Å². The highest BCUT2D eigenvalue weighted by Gasteiger charge is 2.78. The molecule has 6 heteroatoms. The molecule has 0 aromatic carbocycles. The van der Waals surface area contributed by atoms with Gasteiger partial charge < -0.3 is 14.2 Å². The van der Waals surface area contributed by atoms with Crippen molar-refractivity contribution in [3.63, 3.8) is 0 Å². The monoisotopic (exact) mass is 282 g/mol. The van der Waals surface area contributed by atoms with Crippen LogP contribution < -0.4 is 0 Å². The number of ether oxygens (including phenoxy) is 3. The summed E-state index contributed by atoms with van der Waals surface area (Å²) in [5, 5.41) is 0. The number of rotatable bonds is 3. The van der Waals surface area contributed by atoms with Gasteiger partial charge in [-0.05, 0) is 12.8 Å². The molecular formula is C11H16Cl2O4. The van der Waals surface area contributed by atoms with Crippen LogP contribution in [0.3, 0.4) is 0 Å². The molecule has 3 atom stereocenters. The minimum absolute atomic E-state index is 0.371. The van der Waals surface area contributed by atoms with Gasteiger partial charge in [-0.3, -0.25) is 4.79 Å². The molecule has 2 fully saturated rings. The Morgan fingerprint density at radius 1 is 1.24 bits per heavy atom. The van der Waals surface area contributed by atoms with E-state index in [-0.39, 0.29) is 5.97 Å². The molecule has 4 nitrogen and oxygen atoms in total. The zero-order chi connectivity index (χ0) is 12.9. The van der Waals surface area contributed by atoms with E-state index in [1.807, 2.05) is 0 Å². The van der Waals surface area contributed by atoms with Crippen molar-refractivity contribution in [2.24, 2.45) is 0 Å². The van der Waals surface area contributed by atoms with Gasteiger partial charge in [-0.2, -0.15) is 0 Å². The van der Waals surface area contributed by atoms with Gasteiger partial charge in [0.15, 0.2) is 0 Å². The maximum atomic E-state index is 11.1. The second-order valence-corrected chi connectivity index (χ2v) is 6.05. The van der Waals surface area contributed by atoms with Crippen LogP contribution in [0.1, 0.15) is 26.2 Å². The molecule has 2 aliphatic rings. The maximum Gasteiger partial charge on any atom is 0.302 e. The summed E-state index contributed by atoms with van der Waals surface area (Å²) in [6.07, 6.45) is 1.24. The molecule has 0 heterocycles. The number of hydrogen-bond acceptors (Lipinski definition) is 4. The molecule has 2 rings (SSSR count). The molecule has 2 saturated carbocycles. The van der Waals surface area contributed by atoms with Crippen molar-refractivity contribution < 1.29 is 19.0 Å². The van der Waals surface area contributed by atoms with Crippen LogP contribution in [0.25, 0.3) is 0 Å². The summed E-state index contributed by atoms with van der Waals surface area (Å²) in [5.41, 5.74) is 0. The summed E-state index contributed by atoms with van der Waals surface area (Å²) in [6, 6.07) is 0. The standard InChI is InChI=1S/C11H16Cl2O4/c1-7(14)17-8-6-9(12)4-5-10(8,13)11(9,15-2)16-3/h8H,4-6H2,1-3H3/t8-,9+,10-/m1/s1. The van der Waals surface area contributed by atoms with Crippen molar-refractivity contribution in [1.29, 1.82) is 0 Å². The first-order chi connectivity index (χ1) is 7.85.